The van der Waals surface area contributed by atoms with Crippen LogP contribution in [0.5, 0.6) is 5.75 Å². The van der Waals surface area contributed by atoms with Gasteiger partial charge in [0.15, 0.2) is 5.43 Å². The van der Waals surface area contributed by atoms with Crippen LogP contribution in [0.4, 0.5) is 5.69 Å². The maximum Gasteiger partial charge on any atom is 0.196 e. The van der Waals surface area contributed by atoms with E-state index in [1.165, 1.54) is 5.69 Å². The molecule has 2 heterocycles. The molecular weight excluding hydrogens is 504 g/mol. The molecule has 0 unspecified atom stereocenters. The number of ether oxygens (including phenoxy) is 1. The minimum absolute atomic E-state index is 0. The topological polar surface area (TPSA) is 45.9 Å². The summed E-state index contributed by atoms with van der Waals surface area (Å²) in [6.07, 6.45) is 0. The smallest absolute Gasteiger partial charge is 0.196 e. The van der Waals surface area contributed by atoms with E-state index in [1.54, 1.807) is 7.11 Å². The number of benzene rings is 3. The first-order valence-electron chi connectivity index (χ1n) is 12.4. The Hall–Kier alpha value is -2.93. The van der Waals surface area contributed by atoms with Crippen molar-refractivity contribution >= 4 is 40.8 Å². The molecule has 5 nitrogen and oxygen atoms in total. The number of rotatable bonds is 8. The van der Waals surface area contributed by atoms with Crippen LogP contribution < -0.4 is 15.1 Å². The molecule has 4 aromatic rings. The molecule has 1 aliphatic heterocycles. The Morgan fingerprint density at radius 1 is 0.919 bits per heavy atom. The van der Waals surface area contributed by atoms with Crippen molar-refractivity contribution in [2.45, 2.75) is 12.7 Å². The van der Waals surface area contributed by atoms with E-state index in [0.717, 1.165) is 61.1 Å². The molecular formula is C30H33ClN2O3S. The summed E-state index contributed by atoms with van der Waals surface area (Å²) in [4.78, 5) is 18.0. The summed E-state index contributed by atoms with van der Waals surface area (Å²) < 4.78 is 11.9. The molecule has 0 aliphatic carbocycles. The molecule has 1 aromatic heterocycles. The molecule has 0 N–H and O–H groups in total. The van der Waals surface area contributed by atoms with E-state index < -0.39 is 0 Å². The second-order valence-electron chi connectivity index (χ2n) is 9.10. The molecule has 7 heteroatoms. The molecule has 0 bridgehead atoms. The number of thioether (sulfide) groups is 1. The number of para-hydroxylation sites is 3. The van der Waals surface area contributed by atoms with Crippen LogP contribution in [0, 0.1) is 6.92 Å². The third-order valence-electron chi connectivity index (χ3n) is 6.87. The standard InChI is InChI=1S/C30H32N2O3S.ClH/c1-22-28(33)25-12-8-11-24(30(25)35-29(22)23-9-4-3-5-10-23)21-36-20-19-31-15-17-32(18-16-31)26-13-6-7-14-27(26)34-2;/h3-14H,15-21H2,1-2H3;1H. The van der Waals surface area contributed by atoms with Crippen LogP contribution in [0.1, 0.15) is 11.1 Å². The number of nitrogens with zero attached hydrogens (tertiary/aromatic N) is 2. The Kier molecular flexibility index (Phi) is 9.19. The molecule has 0 amide bonds. The number of anilines is 1. The second-order valence-corrected chi connectivity index (χ2v) is 10.2. The van der Waals surface area contributed by atoms with E-state index in [2.05, 4.69) is 28.0 Å². The summed E-state index contributed by atoms with van der Waals surface area (Å²) in [5.74, 6) is 3.46. The van der Waals surface area contributed by atoms with E-state index in [0.29, 0.717) is 22.3 Å². The molecule has 1 aliphatic rings. The molecule has 0 radical (unpaired) electrons. The molecule has 3 aromatic carbocycles. The van der Waals surface area contributed by atoms with Crippen LogP contribution in [0.15, 0.2) is 82.0 Å². The summed E-state index contributed by atoms with van der Waals surface area (Å²) in [7, 11) is 1.73. The Labute approximate surface area is 228 Å². The van der Waals surface area contributed by atoms with E-state index in [-0.39, 0.29) is 17.8 Å². The van der Waals surface area contributed by atoms with Gasteiger partial charge in [0.05, 0.1) is 18.2 Å². The second kappa shape index (κ2) is 12.5. The first kappa shape index (κ1) is 27.1. The average Bonchev–Trinajstić information content (AvgIpc) is 2.94. The lowest BCUT2D eigenvalue weighted by molar-refractivity contribution is 0.272. The Morgan fingerprint density at radius 3 is 2.41 bits per heavy atom. The van der Waals surface area contributed by atoms with E-state index in [9.17, 15) is 4.79 Å². The van der Waals surface area contributed by atoms with Crippen molar-refractivity contribution in [3.05, 3.63) is 94.1 Å². The van der Waals surface area contributed by atoms with Gasteiger partial charge in [-0.1, -0.05) is 54.6 Å². The molecule has 0 saturated carbocycles. The third kappa shape index (κ3) is 5.98. The highest BCUT2D eigenvalue weighted by atomic mass is 35.5. The molecule has 1 saturated heterocycles. The maximum absolute atomic E-state index is 13.1. The van der Waals surface area contributed by atoms with Crippen molar-refractivity contribution in [2.24, 2.45) is 0 Å². The fraction of sp³-hybridized carbons (Fsp3) is 0.300. The van der Waals surface area contributed by atoms with E-state index in [4.69, 9.17) is 9.15 Å². The van der Waals surface area contributed by atoms with Gasteiger partial charge < -0.3 is 14.1 Å². The predicted molar refractivity (Wildman–Crippen MR) is 158 cm³/mol. The summed E-state index contributed by atoms with van der Waals surface area (Å²) in [5, 5.41) is 0.665. The zero-order chi connectivity index (χ0) is 24.9. The van der Waals surface area contributed by atoms with Gasteiger partial charge in [-0.15, -0.1) is 12.4 Å². The van der Waals surface area contributed by atoms with Gasteiger partial charge in [-0.25, -0.2) is 0 Å². The van der Waals surface area contributed by atoms with Crippen LogP contribution in [-0.4, -0.2) is 50.5 Å². The van der Waals surface area contributed by atoms with Crippen LogP contribution in [0.3, 0.4) is 0 Å². The third-order valence-corrected chi connectivity index (χ3v) is 7.86. The summed E-state index contributed by atoms with van der Waals surface area (Å²) in [5.41, 5.74) is 4.61. The predicted octanol–water partition coefficient (Wildman–Crippen LogP) is 6.25. The minimum atomic E-state index is 0. The van der Waals surface area contributed by atoms with Gasteiger partial charge in [0.2, 0.25) is 0 Å². The largest absolute Gasteiger partial charge is 0.495 e. The SMILES string of the molecule is COc1ccccc1N1CCN(CCSCc2cccc3c(=O)c(C)c(-c4ccccc4)oc23)CC1.Cl. The molecule has 1 fully saturated rings. The van der Waals surface area contributed by atoms with Crippen molar-refractivity contribution in [3.63, 3.8) is 0 Å². The van der Waals surface area contributed by atoms with Gasteiger partial charge in [0.1, 0.15) is 17.1 Å². The van der Waals surface area contributed by atoms with Crippen molar-refractivity contribution in [1.82, 2.24) is 4.90 Å². The number of hydrogen-bond acceptors (Lipinski definition) is 6. The number of methoxy groups -OCH3 is 1. The highest BCUT2D eigenvalue weighted by Gasteiger charge is 2.19. The lowest BCUT2D eigenvalue weighted by Crippen LogP contribution is -2.47. The maximum atomic E-state index is 13.1. The quantitative estimate of drug-likeness (QED) is 0.248. The molecule has 37 heavy (non-hydrogen) atoms. The zero-order valence-corrected chi connectivity index (χ0v) is 22.9. The lowest BCUT2D eigenvalue weighted by Gasteiger charge is -2.36. The highest BCUT2D eigenvalue weighted by molar-refractivity contribution is 7.98. The monoisotopic (exact) mass is 536 g/mol. The lowest BCUT2D eigenvalue weighted by atomic mass is 10.0. The molecule has 0 spiro atoms. The van der Waals surface area contributed by atoms with Gasteiger partial charge >= 0.3 is 0 Å². The van der Waals surface area contributed by atoms with Gasteiger partial charge in [0, 0.05) is 60.9 Å². The minimum Gasteiger partial charge on any atom is -0.495 e. The summed E-state index contributed by atoms with van der Waals surface area (Å²) in [6, 6.07) is 24.0. The van der Waals surface area contributed by atoms with Crippen molar-refractivity contribution in [1.29, 1.82) is 0 Å². The van der Waals surface area contributed by atoms with Crippen LogP contribution in [-0.2, 0) is 5.75 Å². The van der Waals surface area contributed by atoms with Crippen LogP contribution in [0.25, 0.3) is 22.3 Å². The van der Waals surface area contributed by atoms with Gasteiger partial charge in [0.25, 0.3) is 0 Å². The Bertz CT molecular complexity index is 1380. The van der Waals surface area contributed by atoms with Gasteiger partial charge in [-0.05, 0) is 25.1 Å². The highest BCUT2D eigenvalue weighted by Crippen LogP contribution is 2.30. The van der Waals surface area contributed by atoms with Crippen molar-refractivity contribution in [2.75, 3.05) is 50.5 Å². The molecule has 194 valence electrons. The number of fused-ring (bicyclic) bond motifs is 1. The van der Waals surface area contributed by atoms with E-state index >= 15 is 0 Å². The summed E-state index contributed by atoms with van der Waals surface area (Å²) >= 11 is 1.89. The van der Waals surface area contributed by atoms with Crippen LogP contribution >= 0.6 is 24.2 Å². The fourth-order valence-electron chi connectivity index (χ4n) is 4.83. The fourth-order valence-corrected chi connectivity index (χ4v) is 5.80. The Balaban J connectivity index is 0.00000320. The van der Waals surface area contributed by atoms with Crippen LogP contribution in [0.2, 0.25) is 0 Å². The number of halogens is 1. The van der Waals surface area contributed by atoms with Gasteiger partial charge in [-0.2, -0.15) is 11.8 Å². The average molecular weight is 537 g/mol. The van der Waals surface area contributed by atoms with Crippen molar-refractivity contribution in [3.8, 4) is 17.1 Å². The molecule has 0 atom stereocenters. The normalized spacial score (nSPS) is 13.9. The molecule has 5 rings (SSSR count). The van der Waals surface area contributed by atoms with Crippen molar-refractivity contribution < 1.29 is 9.15 Å². The zero-order valence-electron chi connectivity index (χ0n) is 21.3. The number of hydrogen-bond donors (Lipinski definition) is 0. The number of piperazine rings is 1. The van der Waals surface area contributed by atoms with Gasteiger partial charge in [-0.3, -0.25) is 9.69 Å². The first-order chi connectivity index (χ1) is 17.7. The Morgan fingerprint density at radius 2 is 1.65 bits per heavy atom. The first-order valence-corrected chi connectivity index (χ1v) is 13.6. The summed E-state index contributed by atoms with van der Waals surface area (Å²) in [6.45, 7) is 6.99. The van der Waals surface area contributed by atoms with E-state index in [1.807, 2.05) is 73.3 Å².